The summed E-state index contributed by atoms with van der Waals surface area (Å²) in [5.74, 6) is 0.231. The lowest BCUT2D eigenvalue weighted by Crippen LogP contribution is -2.45. The smallest absolute Gasteiger partial charge is 0.239 e. The number of likely N-dealkylation sites (N-methyl/N-ethyl adjacent to an activating group) is 1. The Kier molecular flexibility index (Phi) is 5.39. The lowest BCUT2D eigenvalue weighted by atomic mass is 9.99. The van der Waals surface area contributed by atoms with Crippen molar-refractivity contribution in [2.75, 3.05) is 13.6 Å². The molecule has 0 aromatic rings. The number of amides is 1. The summed E-state index contributed by atoms with van der Waals surface area (Å²) in [6.45, 7) is 8.15. The van der Waals surface area contributed by atoms with Crippen LogP contribution in [0, 0.1) is 5.92 Å². The van der Waals surface area contributed by atoms with Gasteiger partial charge in [0, 0.05) is 13.6 Å². The third-order valence-electron chi connectivity index (χ3n) is 2.32. The largest absolute Gasteiger partial charge is 0.341 e. The van der Waals surface area contributed by atoms with Crippen molar-refractivity contribution < 1.29 is 4.79 Å². The molecule has 0 radical (unpaired) electrons. The van der Waals surface area contributed by atoms with E-state index in [0.29, 0.717) is 6.54 Å². The predicted octanol–water partition coefficient (Wildman–Crippen LogP) is 1.00. The second-order valence-electron chi connectivity index (χ2n) is 3.42. The van der Waals surface area contributed by atoms with Crippen LogP contribution in [0.25, 0.3) is 0 Å². The van der Waals surface area contributed by atoms with Crippen LogP contribution in [0.1, 0.15) is 20.3 Å². The lowest BCUT2D eigenvalue weighted by Gasteiger charge is -2.23. The van der Waals surface area contributed by atoms with E-state index in [0.717, 1.165) is 6.42 Å². The van der Waals surface area contributed by atoms with E-state index in [1.807, 2.05) is 13.8 Å². The Morgan fingerprint density at radius 3 is 2.62 bits per heavy atom. The first-order valence-electron chi connectivity index (χ1n) is 4.66. The van der Waals surface area contributed by atoms with Crippen LogP contribution in [0.5, 0.6) is 0 Å². The third-order valence-corrected chi connectivity index (χ3v) is 2.32. The molecule has 0 aliphatic rings. The van der Waals surface area contributed by atoms with Gasteiger partial charge in [0.2, 0.25) is 5.91 Å². The van der Waals surface area contributed by atoms with Gasteiger partial charge in [-0.05, 0) is 5.92 Å². The van der Waals surface area contributed by atoms with Crippen LogP contribution < -0.4 is 5.73 Å². The molecule has 0 aliphatic carbocycles. The average Bonchev–Trinajstić information content (AvgIpc) is 2.14. The molecule has 0 aromatic carbocycles. The van der Waals surface area contributed by atoms with E-state index in [4.69, 9.17) is 5.73 Å². The van der Waals surface area contributed by atoms with Crippen molar-refractivity contribution in [1.82, 2.24) is 4.90 Å². The molecule has 3 nitrogen and oxygen atoms in total. The van der Waals surface area contributed by atoms with E-state index in [1.54, 1.807) is 18.0 Å². The molecule has 0 saturated heterocycles. The number of nitrogens with zero attached hydrogens (tertiary/aromatic N) is 1. The molecule has 0 spiro atoms. The maximum absolute atomic E-state index is 11.6. The van der Waals surface area contributed by atoms with Crippen molar-refractivity contribution in [3.63, 3.8) is 0 Å². The van der Waals surface area contributed by atoms with Gasteiger partial charge in [-0.1, -0.05) is 26.3 Å². The minimum absolute atomic E-state index is 0.00532. The molecule has 0 aromatic heterocycles. The molecule has 1 amide bonds. The van der Waals surface area contributed by atoms with Crippen LogP contribution in [0.3, 0.4) is 0 Å². The summed E-state index contributed by atoms with van der Waals surface area (Å²) in [5, 5.41) is 0. The molecule has 0 unspecified atom stereocenters. The van der Waals surface area contributed by atoms with E-state index in [1.165, 1.54) is 0 Å². The highest BCUT2D eigenvalue weighted by Gasteiger charge is 2.21. The first kappa shape index (κ1) is 12.2. The topological polar surface area (TPSA) is 46.3 Å². The fraction of sp³-hybridized carbons (Fsp3) is 0.700. The maximum atomic E-state index is 11.6. The van der Waals surface area contributed by atoms with Crippen molar-refractivity contribution in [2.24, 2.45) is 11.7 Å². The van der Waals surface area contributed by atoms with Crippen molar-refractivity contribution >= 4 is 5.91 Å². The van der Waals surface area contributed by atoms with Gasteiger partial charge in [0.15, 0.2) is 0 Å². The van der Waals surface area contributed by atoms with Gasteiger partial charge < -0.3 is 10.6 Å². The number of hydrogen-bond donors (Lipinski definition) is 1. The van der Waals surface area contributed by atoms with Crippen molar-refractivity contribution in [2.45, 2.75) is 26.3 Å². The third kappa shape index (κ3) is 3.59. The van der Waals surface area contributed by atoms with E-state index in [-0.39, 0.29) is 17.9 Å². The molecule has 0 fully saturated rings. The Hall–Kier alpha value is -0.830. The van der Waals surface area contributed by atoms with Crippen LogP contribution >= 0.6 is 0 Å². The first-order valence-corrected chi connectivity index (χ1v) is 4.66. The quantitative estimate of drug-likeness (QED) is 0.648. The molecule has 2 N–H and O–H groups in total. The van der Waals surface area contributed by atoms with Gasteiger partial charge in [-0.15, -0.1) is 6.58 Å². The number of nitrogens with two attached hydrogens (primary N) is 1. The molecule has 2 atom stereocenters. The zero-order chi connectivity index (χ0) is 10.4. The fourth-order valence-corrected chi connectivity index (χ4v) is 1.04. The van der Waals surface area contributed by atoms with Gasteiger partial charge in [0.1, 0.15) is 0 Å². The molecule has 0 aliphatic heterocycles. The highest BCUT2D eigenvalue weighted by atomic mass is 16.2. The standard InChI is InChI=1S/C10H20N2O/c1-5-7-12(4)10(13)9(11)8(3)6-2/h5,8-9H,1,6-7,11H2,2-4H3/t8-,9-/m0/s1. The Morgan fingerprint density at radius 2 is 2.23 bits per heavy atom. The first-order chi connectivity index (χ1) is 6.04. The van der Waals surface area contributed by atoms with Crippen molar-refractivity contribution in [1.29, 1.82) is 0 Å². The number of carbonyl (C=O) groups is 1. The molecule has 0 rings (SSSR count). The van der Waals surface area contributed by atoms with E-state index in [9.17, 15) is 4.79 Å². The summed E-state index contributed by atoms with van der Waals surface area (Å²) < 4.78 is 0. The van der Waals surface area contributed by atoms with Crippen LogP contribution in [0.15, 0.2) is 12.7 Å². The van der Waals surface area contributed by atoms with Gasteiger partial charge in [0.05, 0.1) is 6.04 Å². The number of carbonyl (C=O) groups excluding carboxylic acids is 1. The Bertz CT molecular complexity index is 180. The lowest BCUT2D eigenvalue weighted by molar-refractivity contribution is -0.131. The molecule has 0 heterocycles. The van der Waals surface area contributed by atoms with Crippen molar-refractivity contribution in [3.05, 3.63) is 12.7 Å². The summed E-state index contributed by atoms with van der Waals surface area (Å²) in [6, 6.07) is -0.380. The summed E-state index contributed by atoms with van der Waals surface area (Å²) in [4.78, 5) is 13.2. The van der Waals surface area contributed by atoms with Crippen LogP contribution in [-0.2, 0) is 4.79 Å². The van der Waals surface area contributed by atoms with E-state index in [2.05, 4.69) is 6.58 Å². The summed E-state index contributed by atoms with van der Waals surface area (Å²) in [7, 11) is 1.74. The Labute approximate surface area is 80.6 Å². The number of rotatable bonds is 5. The minimum atomic E-state index is -0.380. The highest BCUT2D eigenvalue weighted by Crippen LogP contribution is 2.07. The van der Waals surface area contributed by atoms with E-state index < -0.39 is 0 Å². The van der Waals surface area contributed by atoms with Gasteiger partial charge in [-0.25, -0.2) is 0 Å². The number of hydrogen-bond acceptors (Lipinski definition) is 2. The molecular formula is C10H20N2O. The average molecular weight is 184 g/mol. The van der Waals surface area contributed by atoms with Gasteiger partial charge in [0.25, 0.3) is 0 Å². The Balaban J connectivity index is 4.15. The maximum Gasteiger partial charge on any atom is 0.239 e. The summed E-state index contributed by atoms with van der Waals surface area (Å²) in [5.41, 5.74) is 5.78. The summed E-state index contributed by atoms with van der Waals surface area (Å²) >= 11 is 0. The van der Waals surface area contributed by atoms with Crippen LogP contribution in [0.2, 0.25) is 0 Å². The molecular weight excluding hydrogens is 164 g/mol. The molecule has 3 heteroatoms. The molecule has 13 heavy (non-hydrogen) atoms. The second kappa shape index (κ2) is 5.75. The van der Waals surface area contributed by atoms with E-state index >= 15 is 0 Å². The SMILES string of the molecule is C=CCN(C)C(=O)[C@@H](N)[C@@H](C)CC. The van der Waals surface area contributed by atoms with Gasteiger partial charge in [-0.3, -0.25) is 4.79 Å². The highest BCUT2D eigenvalue weighted by molar-refractivity contribution is 5.81. The van der Waals surface area contributed by atoms with Gasteiger partial charge >= 0.3 is 0 Å². The van der Waals surface area contributed by atoms with Crippen molar-refractivity contribution in [3.8, 4) is 0 Å². The fourth-order valence-electron chi connectivity index (χ4n) is 1.04. The molecule has 0 saturated carbocycles. The summed E-state index contributed by atoms with van der Waals surface area (Å²) in [6.07, 6.45) is 2.62. The molecule has 76 valence electrons. The zero-order valence-electron chi connectivity index (χ0n) is 8.79. The molecule has 0 bridgehead atoms. The minimum Gasteiger partial charge on any atom is -0.341 e. The second-order valence-corrected chi connectivity index (χ2v) is 3.42. The van der Waals surface area contributed by atoms with Crippen LogP contribution in [-0.4, -0.2) is 30.4 Å². The monoisotopic (exact) mass is 184 g/mol. The van der Waals surface area contributed by atoms with Gasteiger partial charge in [-0.2, -0.15) is 0 Å². The normalized spacial score (nSPS) is 14.8. The zero-order valence-corrected chi connectivity index (χ0v) is 8.79. The Morgan fingerprint density at radius 1 is 1.69 bits per heavy atom. The predicted molar refractivity (Wildman–Crippen MR) is 55.3 cm³/mol. The van der Waals surface area contributed by atoms with Crippen LogP contribution in [0.4, 0.5) is 0 Å².